The fourth-order valence-corrected chi connectivity index (χ4v) is 9.63. The number of rotatable bonds is 11. The van der Waals surface area contributed by atoms with E-state index in [0.29, 0.717) is 17.8 Å². The smallest absolute Gasteiger partial charge is 0.693 e. The summed E-state index contributed by atoms with van der Waals surface area (Å²) in [6.45, 7) is 12.2. The van der Waals surface area contributed by atoms with Crippen molar-refractivity contribution in [1.82, 2.24) is 0 Å². The van der Waals surface area contributed by atoms with Crippen LogP contribution in [0.2, 0.25) is 0 Å². The van der Waals surface area contributed by atoms with E-state index in [0.717, 1.165) is 48.9 Å². The maximum absolute atomic E-state index is 12.5. The number of carbonyl (C=O) groups excluding carboxylic acids is 3. The summed E-state index contributed by atoms with van der Waals surface area (Å²) in [6, 6.07) is 0. The third-order valence-corrected chi connectivity index (χ3v) is 11.7. The van der Waals surface area contributed by atoms with Crippen LogP contribution in [0.3, 0.4) is 0 Å². The van der Waals surface area contributed by atoms with Gasteiger partial charge in [-0.3, -0.25) is 4.79 Å². The fraction of sp³-hybridized carbons (Fsp3) is 0.848. The average Bonchev–Trinajstić information content (AvgIpc) is 3.20. The fourth-order valence-electron chi connectivity index (χ4n) is 9.63. The second kappa shape index (κ2) is 15.7. The van der Waals surface area contributed by atoms with Crippen molar-refractivity contribution >= 4 is 17.9 Å². The third-order valence-electron chi connectivity index (χ3n) is 11.7. The van der Waals surface area contributed by atoms with Crippen LogP contribution in [-0.2, 0) is 40.2 Å². The van der Waals surface area contributed by atoms with Crippen LogP contribution in [0, 0.1) is 52.3 Å². The van der Waals surface area contributed by atoms with Crippen molar-refractivity contribution in [3.63, 3.8) is 0 Å². The minimum Gasteiger partial charge on any atom is -0.693 e. The molecule has 3 saturated carbocycles. The van der Waals surface area contributed by atoms with E-state index in [2.05, 4.69) is 40.7 Å². The molecule has 4 N–H and O–H groups in total. The van der Waals surface area contributed by atoms with E-state index in [4.69, 9.17) is 4.74 Å². The molecule has 0 aromatic carbocycles. The number of hydrogen-bond donors (Lipinski definition) is 0. The Hall–Kier alpha value is -1.24. The van der Waals surface area contributed by atoms with Crippen LogP contribution in [0.5, 0.6) is 0 Å². The van der Waals surface area contributed by atoms with Crippen LogP contribution < -0.4 is 10.2 Å². The molecule has 4 aliphatic rings. The predicted octanol–water partition coefficient (Wildman–Crippen LogP) is 6.27. The number of carboxylic acid groups (broad SMARTS) is 2. The Balaban J connectivity index is 0.00000294. The van der Waals surface area contributed by atoms with Crippen molar-refractivity contribution in [3.05, 3.63) is 24.0 Å². The quantitative estimate of drug-likeness (QED) is 0.177. The average molecular weight is 770 g/mol. The summed E-state index contributed by atoms with van der Waals surface area (Å²) in [4.78, 5) is 34.5. The number of aliphatic carboxylic acids is 2. The Kier molecular flexibility index (Phi) is 14.5. The molecule has 3 fully saturated rings. The maximum atomic E-state index is 12.5. The predicted molar refractivity (Wildman–Crippen MR) is 156 cm³/mol. The Morgan fingerprint density at radius 3 is 2.26 bits per heavy atom. The summed E-state index contributed by atoms with van der Waals surface area (Å²) in [5.74, 6) is -0.524. The van der Waals surface area contributed by atoms with Crippen LogP contribution in [0.4, 0.5) is 0 Å². The first-order valence-electron chi connectivity index (χ1n) is 15.6. The zero-order chi connectivity index (χ0) is 28.5. The van der Waals surface area contributed by atoms with Crippen molar-refractivity contribution in [2.75, 3.05) is 0 Å². The number of esters is 1. The maximum Gasteiger partial charge on any atom is 4.00 e. The van der Waals surface area contributed by atoms with Gasteiger partial charge in [0.2, 0.25) is 0 Å². The summed E-state index contributed by atoms with van der Waals surface area (Å²) in [5, 5.41) is 22.1. The molecule has 42 heavy (non-hydrogen) atoms. The molecule has 0 aliphatic heterocycles. The van der Waals surface area contributed by atoms with Crippen molar-refractivity contribution in [3.8, 4) is 0 Å². The van der Waals surface area contributed by atoms with Gasteiger partial charge in [-0.15, -0.1) is 0 Å². The van der Waals surface area contributed by atoms with Gasteiger partial charge in [-0.25, -0.2) is 0 Å². The molecule has 242 valence electrons. The van der Waals surface area contributed by atoms with E-state index < -0.39 is 36.7 Å². The molecule has 0 saturated heterocycles. The van der Waals surface area contributed by atoms with Crippen LogP contribution in [0.25, 0.3) is 12.3 Å². The zero-order valence-corrected chi connectivity index (χ0v) is 28.6. The van der Waals surface area contributed by atoms with Gasteiger partial charge in [0, 0.05) is 24.3 Å². The molecule has 4 rings (SSSR count). The van der Waals surface area contributed by atoms with Gasteiger partial charge in [0.05, 0.1) is 6.42 Å². The second-order valence-corrected chi connectivity index (χ2v) is 14.4. The zero-order valence-electron chi connectivity index (χ0n) is 26.3. The number of carboxylic acids is 2. The first kappa shape index (κ1) is 38.8. The molecule has 0 spiro atoms. The molecule has 0 amide bonds. The normalized spacial score (nSPS) is 34.5. The van der Waals surface area contributed by atoms with Crippen LogP contribution in [0.1, 0.15) is 118 Å². The molecule has 4 aliphatic carbocycles. The Bertz CT molecular complexity index is 972. The van der Waals surface area contributed by atoms with Crippen molar-refractivity contribution in [1.29, 1.82) is 0 Å². The van der Waals surface area contributed by atoms with Gasteiger partial charge < -0.3 is 36.8 Å². The molecule has 9 heteroatoms. The Morgan fingerprint density at radius 1 is 0.952 bits per heavy atom. The van der Waals surface area contributed by atoms with Gasteiger partial charge in [0.1, 0.15) is 6.10 Å². The van der Waals surface area contributed by atoms with Crippen molar-refractivity contribution < 1.29 is 50.4 Å². The van der Waals surface area contributed by atoms with Gasteiger partial charge in [-0.1, -0.05) is 65.5 Å². The molecule has 9 atom stereocenters. The Labute approximate surface area is 268 Å². The molecule has 0 bridgehead atoms. The number of hydrogen-bond acceptors (Lipinski definition) is 6. The molecular formula is C33H54N2O6Pt. The van der Waals surface area contributed by atoms with Crippen molar-refractivity contribution in [2.24, 2.45) is 52.3 Å². The van der Waals surface area contributed by atoms with Gasteiger partial charge in [0.25, 0.3) is 0 Å². The Morgan fingerprint density at radius 2 is 1.64 bits per heavy atom. The molecule has 0 aromatic rings. The van der Waals surface area contributed by atoms with Gasteiger partial charge in [-0.05, 0) is 97.7 Å². The van der Waals surface area contributed by atoms with Crippen LogP contribution >= 0.6 is 0 Å². The summed E-state index contributed by atoms with van der Waals surface area (Å²) < 4.78 is 5.67. The van der Waals surface area contributed by atoms with Crippen molar-refractivity contribution in [2.45, 2.75) is 124 Å². The number of nitrogens with two attached hydrogens (primary N) is 2. The summed E-state index contributed by atoms with van der Waals surface area (Å²) in [5.41, 5.74) is 1.99. The van der Waals surface area contributed by atoms with E-state index in [1.54, 1.807) is 0 Å². The number of ether oxygens (including phenoxy) is 1. The van der Waals surface area contributed by atoms with E-state index in [9.17, 15) is 24.6 Å². The first-order chi connectivity index (χ1) is 18.3. The van der Waals surface area contributed by atoms with Crippen LogP contribution in [0.15, 0.2) is 11.6 Å². The standard InChI is InChI=1S/C33H52O6.2H2N.Pt/c1-20(2)7-6-8-21(3)26-11-12-27-25-10-9-23-19-24(39-30(36)18-22(31(37)38)17-29(34)35)13-15-32(23,4)28(25)14-16-33(26,27)5;;;/h9,20-22,24-28H,6-8,10-19H2,1-5H3,(H,34,35)(H,37,38);2*1H2;/q;2*-1;+4/p-2. The van der Waals surface area contributed by atoms with E-state index in [1.807, 2.05) is 0 Å². The first-order valence-corrected chi connectivity index (χ1v) is 15.6. The molecule has 0 heterocycles. The van der Waals surface area contributed by atoms with E-state index in [-0.39, 0.29) is 44.9 Å². The largest absolute Gasteiger partial charge is 4.00 e. The number of carbonyl (C=O) groups is 3. The number of fused-ring (bicyclic) bond motifs is 5. The topological polar surface area (TPSA) is 174 Å². The number of allylic oxidation sites excluding steroid dienone is 1. The molecule has 0 radical (unpaired) electrons. The van der Waals surface area contributed by atoms with Gasteiger partial charge in [0.15, 0.2) is 0 Å². The summed E-state index contributed by atoms with van der Waals surface area (Å²) in [7, 11) is 0. The van der Waals surface area contributed by atoms with Gasteiger partial charge in [-0.2, -0.15) is 0 Å². The minimum atomic E-state index is -1.56. The molecule has 0 aromatic heterocycles. The minimum absolute atomic E-state index is 0. The van der Waals surface area contributed by atoms with Gasteiger partial charge >= 0.3 is 27.0 Å². The second-order valence-electron chi connectivity index (χ2n) is 14.4. The molecular weight excluding hydrogens is 715 g/mol. The third kappa shape index (κ3) is 8.07. The van der Waals surface area contributed by atoms with E-state index >= 15 is 0 Å². The molecule has 8 nitrogen and oxygen atoms in total. The van der Waals surface area contributed by atoms with Crippen LogP contribution in [-0.4, -0.2) is 24.0 Å². The van der Waals surface area contributed by atoms with E-state index in [1.165, 1.54) is 50.5 Å². The summed E-state index contributed by atoms with van der Waals surface area (Å²) in [6.07, 6.45) is 13.9. The summed E-state index contributed by atoms with van der Waals surface area (Å²) >= 11 is 0. The monoisotopic (exact) mass is 769 g/mol. The molecule has 9 unspecified atom stereocenters. The SMILES string of the molecule is CC(C)CCCC(C)C1CCC2C3CC=C4CC(OC(=O)CC(CC(=O)[O-])C(=O)[O-])CCC4(C)C3CCC12C.[NH2-].[NH2-].[Pt+4].